The molecule has 0 saturated heterocycles. The van der Waals surface area contributed by atoms with E-state index in [9.17, 15) is 0 Å². The predicted molar refractivity (Wildman–Crippen MR) is 19.9 cm³/mol. The topological polar surface area (TPSA) is 66.3 Å². The summed E-state index contributed by atoms with van der Waals surface area (Å²) in [7, 11) is 1.75. The summed E-state index contributed by atoms with van der Waals surface area (Å²) in [4.78, 5) is 0. The molecular formula is C2H7ClLi2O3. The minimum atomic E-state index is 0. The van der Waals surface area contributed by atoms with Crippen LogP contribution >= 0.6 is 11.9 Å². The molecule has 0 saturated carbocycles. The third-order valence-corrected chi connectivity index (χ3v) is 0. The number of hydrogen-bond acceptors (Lipinski definition) is 3. The molecule has 0 spiro atoms. The van der Waals surface area contributed by atoms with Crippen molar-refractivity contribution in [3.63, 3.8) is 0 Å². The van der Waals surface area contributed by atoms with E-state index in [0.29, 0.717) is 0 Å². The van der Waals surface area contributed by atoms with Crippen LogP contribution in [0.3, 0.4) is 0 Å². The second-order valence-electron chi connectivity index (χ2n) is 0. The molecule has 0 bridgehead atoms. The van der Waals surface area contributed by atoms with Gasteiger partial charge in [-0.3, -0.25) is 0 Å². The number of aliphatic hydroxyl groups excluding tert-OH is 1. The summed E-state index contributed by atoms with van der Waals surface area (Å²) in [5.74, 6) is 0. The Kier molecular flexibility index (Phi) is 1050. The van der Waals surface area contributed by atoms with Crippen molar-refractivity contribution in [3.05, 3.63) is 0 Å². The van der Waals surface area contributed by atoms with E-state index in [1.54, 1.807) is 0 Å². The van der Waals surface area contributed by atoms with Crippen molar-refractivity contribution >= 4 is 11.9 Å². The van der Waals surface area contributed by atoms with Gasteiger partial charge in [0.25, 0.3) is 0 Å². The minimum absolute atomic E-state index is 0. The smallest absolute Gasteiger partial charge is 0.857 e. The van der Waals surface area contributed by atoms with E-state index in [1.807, 2.05) is 0 Å². The van der Waals surface area contributed by atoms with Crippen LogP contribution in [0.5, 0.6) is 0 Å². The van der Waals surface area contributed by atoms with Crippen LogP contribution < -0.4 is 47.5 Å². The fourth-order valence-electron chi connectivity index (χ4n) is 0. The Morgan fingerprint density at radius 1 is 1.00 bits per heavy atom. The minimum Gasteiger partial charge on any atom is -0.857 e. The molecule has 3 nitrogen and oxygen atoms in total. The van der Waals surface area contributed by atoms with E-state index in [1.165, 1.54) is 0 Å². The van der Waals surface area contributed by atoms with Gasteiger partial charge in [-0.25, -0.2) is 11.9 Å². The number of hydrogen-bond donors (Lipinski definition) is 1. The summed E-state index contributed by atoms with van der Waals surface area (Å²) in [6, 6.07) is 0. The number of rotatable bonds is 0. The van der Waals surface area contributed by atoms with E-state index >= 15 is 0 Å². The third kappa shape index (κ3) is 160. The normalized spacial score (nSPS) is 2.25. The molecule has 0 aromatic carbocycles. The third-order valence-electron chi connectivity index (χ3n) is 0. The molecular weight excluding hydrogens is 121 g/mol. The first-order valence-electron chi connectivity index (χ1n) is 1.01. The van der Waals surface area contributed by atoms with Crippen LogP contribution in [-0.2, 0) is 0 Å². The van der Waals surface area contributed by atoms with Crippen LogP contribution in [-0.4, -0.2) is 19.3 Å². The predicted octanol–water partition coefficient (Wildman–Crippen LogP) is -7.91. The van der Waals surface area contributed by atoms with Gasteiger partial charge in [-0.2, -0.15) is 7.11 Å². The monoisotopic (exact) mass is 128 g/mol. The molecule has 0 aliphatic rings. The van der Waals surface area contributed by atoms with Crippen molar-refractivity contribution in [1.82, 2.24) is 0 Å². The Balaban J connectivity index is -0.00000000500. The Morgan fingerprint density at radius 2 is 1.00 bits per heavy atom. The molecule has 0 aromatic rings. The fraction of sp³-hybridized carbons (Fsp3) is 1.00. The van der Waals surface area contributed by atoms with Crippen molar-refractivity contribution in [2.24, 2.45) is 0 Å². The van der Waals surface area contributed by atoms with Crippen molar-refractivity contribution in [2.45, 2.75) is 0 Å². The molecule has 0 unspecified atom stereocenters. The van der Waals surface area contributed by atoms with Gasteiger partial charge in [-0.05, 0) is 0 Å². The zero-order chi connectivity index (χ0) is 6.00. The van der Waals surface area contributed by atoms with Crippen LogP contribution in [0.1, 0.15) is 0 Å². The Bertz CT molecular complexity index is 15.2. The largest absolute Gasteiger partial charge is 1.00 e. The summed E-state index contributed by atoms with van der Waals surface area (Å²) in [6.45, 7) is 0. The summed E-state index contributed by atoms with van der Waals surface area (Å²) < 4.78 is 7.72. The van der Waals surface area contributed by atoms with Crippen molar-refractivity contribution in [3.8, 4) is 0 Å². The van der Waals surface area contributed by atoms with Crippen LogP contribution in [0.25, 0.3) is 0 Å². The van der Waals surface area contributed by atoms with Crippen LogP contribution in [0.15, 0.2) is 0 Å². The molecule has 6 heteroatoms. The molecule has 0 aromatic heterocycles. The van der Waals surface area contributed by atoms with Gasteiger partial charge in [-0.15, -0.1) is 0 Å². The molecule has 0 heterocycles. The first-order chi connectivity index (χ1) is 3.00. The maximum atomic E-state index is 8.25. The SMILES string of the molecule is CO.C[O-].[Li+].[Li+].[O-]Cl. The van der Waals surface area contributed by atoms with Gasteiger partial charge in [0.15, 0.2) is 0 Å². The van der Waals surface area contributed by atoms with Gasteiger partial charge >= 0.3 is 37.7 Å². The first-order valence-corrected chi connectivity index (χ1v) is 1.32. The van der Waals surface area contributed by atoms with Gasteiger partial charge in [0.1, 0.15) is 0 Å². The second-order valence-corrected chi connectivity index (χ2v) is 0. The quantitative estimate of drug-likeness (QED) is 0.330. The Labute approximate surface area is 78.6 Å². The molecule has 1 N–H and O–H groups in total. The zero-order valence-electron chi connectivity index (χ0n) is 5.64. The van der Waals surface area contributed by atoms with Crippen molar-refractivity contribution in [2.75, 3.05) is 14.2 Å². The van der Waals surface area contributed by atoms with E-state index < -0.39 is 0 Å². The molecule has 0 amide bonds. The molecule has 0 rings (SSSR count). The molecule has 0 radical (unpaired) electrons. The average Bonchev–Trinajstić information content (AvgIpc) is 1.81. The van der Waals surface area contributed by atoms with E-state index in [-0.39, 0.29) is 37.7 Å². The van der Waals surface area contributed by atoms with Gasteiger partial charge in [-0.1, -0.05) is 0 Å². The zero-order valence-corrected chi connectivity index (χ0v) is 6.40. The molecule has 0 atom stereocenters. The molecule has 8 heavy (non-hydrogen) atoms. The summed E-state index contributed by atoms with van der Waals surface area (Å²) >= 11 is 3.39. The van der Waals surface area contributed by atoms with Gasteiger partial charge in [0, 0.05) is 7.11 Å². The summed E-state index contributed by atoms with van der Waals surface area (Å²) in [5.41, 5.74) is 0. The molecule has 42 valence electrons. The van der Waals surface area contributed by atoms with Crippen LogP contribution in [0.4, 0.5) is 0 Å². The van der Waals surface area contributed by atoms with E-state index in [0.717, 1.165) is 14.2 Å². The van der Waals surface area contributed by atoms with Gasteiger partial charge in [0.05, 0.1) is 0 Å². The second kappa shape index (κ2) is 244. The molecule has 0 aliphatic heterocycles. The number of halogens is 1. The number of aliphatic hydroxyl groups is 1. The van der Waals surface area contributed by atoms with E-state index in [4.69, 9.17) is 14.9 Å². The van der Waals surface area contributed by atoms with Crippen molar-refractivity contribution < 1.29 is 52.6 Å². The Hall–Kier alpha value is 1.36. The molecule has 0 aliphatic carbocycles. The van der Waals surface area contributed by atoms with Crippen LogP contribution in [0.2, 0.25) is 0 Å². The maximum Gasteiger partial charge on any atom is 1.00 e. The standard InChI is InChI=1S/CH4O.CH3O.ClO.2Li/c3*1-2;;/h2H,1H3;1H3;;;/q;2*-1;2*+1. The average molecular weight is 128 g/mol. The van der Waals surface area contributed by atoms with Gasteiger partial charge in [0.2, 0.25) is 0 Å². The summed E-state index contributed by atoms with van der Waals surface area (Å²) in [5, 5.41) is 15.2. The first kappa shape index (κ1) is 34.4. The van der Waals surface area contributed by atoms with Crippen LogP contribution in [0, 0.1) is 0 Å². The summed E-state index contributed by atoms with van der Waals surface area (Å²) in [6.07, 6.45) is 0. The Morgan fingerprint density at radius 3 is 1.00 bits per heavy atom. The fourth-order valence-corrected chi connectivity index (χ4v) is 0. The van der Waals surface area contributed by atoms with E-state index in [2.05, 4.69) is 11.9 Å². The van der Waals surface area contributed by atoms with Crippen molar-refractivity contribution in [1.29, 1.82) is 0 Å². The van der Waals surface area contributed by atoms with Gasteiger partial charge < -0.3 is 14.9 Å². The molecule has 0 fully saturated rings. The maximum absolute atomic E-state index is 8.25.